The first-order valence-electron chi connectivity index (χ1n) is 14.9. The number of aromatic nitrogens is 5. The summed E-state index contributed by atoms with van der Waals surface area (Å²) in [4.78, 5) is 20.8. The number of hydrogen-bond donors (Lipinski definition) is 1. The number of carbonyl (C=O) groups is 1. The number of hydrogen-bond acceptors (Lipinski definition) is 10. The van der Waals surface area contributed by atoms with Crippen molar-refractivity contribution < 1.29 is 32.3 Å². The molecule has 1 aliphatic rings. The van der Waals surface area contributed by atoms with Crippen molar-refractivity contribution in [1.82, 2.24) is 24.9 Å². The highest BCUT2D eigenvalue weighted by atomic mass is 19.1. The third kappa shape index (κ3) is 8.70. The maximum Gasteiger partial charge on any atom is 0.306 e. The van der Waals surface area contributed by atoms with E-state index in [4.69, 9.17) is 18.7 Å². The molecule has 4 aromatic rings. The lowest BCUT2D eigenvalue weighted by molar-refractivity contribution is -0.300. The van der Waals surface area contributed by atoms with Crippen LogP contribution in [0.25, 0.3) is 22.9 Å². The second-order valence-electron chi connectivity index (χ2n) is 12.4. The van der Waals surface area contributed by atoms with Crippen molar-refractivity contribution >= 4 is 11.8 Å². The maximum absolute atomic E-state index is 14.8. The summed E-state index contributed by atoms with van der Waals surface area (Å²) in [5, 5.41) is 11.6. The predicted octanol–water partition coefficient (Wildman–Crippen LogP) is 6.16. The van der Waals surface area contributed by atoms with Gasteiger partial charge in [-0.3, -0.25) is 9.48 Å². The molecule has 0 radical (unpaired) electrons. The largest absolute Gasteiger partial charge is 0.460 e. The zero-order valence-corrected chi connectivity index (χ0v) is 26.0. The van der Waals surface area contributed by atoms with Crippen LogP contribution < -0.4 is 5.32 Å². The van der Waals surface area contributed by atoms with Gasteiger partial charge in [0.1, 0.15) is 29.1 Å². The van der Waals surface area contributed by atoms with Gasteiger partial charge in [0.25, 0.3) is 0 Å². The molecule has 0 saturated carbocycles. The van der Waals surface area contributed by atoms with Crippen LogP contribution in [0.1, 0.15) is 65.9 Å². The summed E-state index contributed by atoms with van der Waals surface area (Å²) in [5.41, 5.74) is 1.30. The van der Waals surface area contributed by atoms with Crippen LogP contribution in [0.2, 0.25) is 0 Å². The van der Waals surface area contributed by atoms with Crippen molar-refractivity contribution in [2.45, 2.75) is 90.4 Å². The summed E-state index contributed by atoms with van der Waals surface area (Å²) in [7, 11) is 0. The molecule has 0 bridgehead atoms. The van der Waals surface area contributed by atoms with Crippen molar-refractivity contribution in [2.75, 3.05) is 11.9 Å². The van der Waals surface area contributed by atoms with Gasteiger partial charge in [0, 0.05) is 31.0 Å². The Morgan fingerprint density at radius 3 is 2.56 bits per heavy atom. The van der Waals surface area contributed by atoms with E-state index in [9.17, 15) is 13.6 Å². The van der Waals surface area contributed by atoms with E-state index in [1.807, 2.05) is 34.6 Å². The first-order chi connectivity index (χ1) is 21.3. The third-order valence-electron chi connectivity index (χ3n) is 7.01. The van der Waals surface area contributed by atoms with Gasteiger partial charge in [-0.2, -0.15) is 5.10 Å². The quantitative estimate of drug-likeness (QED) is 0.194. The highest BCUT2D eigenvalue weighted by Gasteiger charge is 2.35. The smallest absolute Gasteiger partial charge is 0.306 e. The number of nitrogens with zero attached hydrogens (tertiary/aromatic N) is 5. The molecule has 1 fully saturated rings. The van der Waals surface area contributed by atoms with Gasteiger partial charge in [0.15, 0.2) is 23.2 Å². The van der Waals surface area contributed by atoms with Crippen LogP contribution in [-0.2, 0) is 25.5 Å². The highest BCUT2D eigenvalue weighted by molar-refractivity contribution is 5.69. The van der Waals surface area contributed by atoms with Crippen molar-refractivity contribution in [3.05, 3.63) is 66.1 Å². The number of halogens is 2. The summed E-state index contributed by atoms with van der Waals surface area (Å²) < 4.78 is 53.4. The van der Waals surface area contributed by atoms with Crippen molar-refractivity contribution in [1.29, 1.82) is 0 Å². The van der Waals surface area contributed by atoms with Gasteiger partial charge in [-0.05, 0) is 59.6 Å². The van der Waals surface area contributed by atoms with E-state index in [2.05, 4.69) is 25.5 Å². The van der Waals surface area contributed by atoms with E-state index >= 15 is 0 Å². The summed E-state index contributed by atoms with van der Waals surface area (Å²) in [6, 6.07) is 9.78. The molecule has 45 heavy (non-hydrogen) atoms. The maximum atomic E-state index is 14.8. The molecule has 240 valence electrons. The van der Waals surface area contributed by atoms with Crippen LogP contribution in [0, 0.1) is 11.6 Å². The third-order valence-corrected chi connectivity index (χ3v) is 7.01. The first-order valence-corrected chi connectivity index (χ1v) is 14.9. The molecule has 0 amide bonds. The van der Waals surface area contributed by atoms with Crippen molar-refractivity contribution in [3.8, 4) is 22.9 Å². The van der Waals surface area contributed by atoms with E-state index in [0.29, 0.717) is 48.5 Å². The van der Waals surface area contributed by atoms with E-state index in [-0.39, 0.29) is 48.6 Å². The van der Waals surface area contributed by atoms with Gasteiger partial charge < -0.3 is 24.1 Å². The highest BCUT2D eigenvalue weighted by Crippen LogP contribution is 2.31. The average Bonchev–Trinajstić information content (AvgIpc) is 3.63. The molecular formula is C32H38F2N6O5. The molecule has 11 nitrogen and oxygen atoms in total. The van der Waals surface area contributed by atoms with E-state index in [1.54, 1.807) is 35.0 Å². The minimum atomic E-state index is -0.835. The van der Waals surface area contributed by atoms with Crippen LogP contribution >= 0.6 is 0 Å². The topological polar surface area (TPSA) is 126 Å². The summed E-state index contributed by atoms with van der Waals surface area (Å²) in [6.45, 7) is 9.66. The molecule has 0 spiro atoms. The first kappa shape index (κ1) is 32.2. The fourth-order valence-corrected chi connectivity index (χ4v) is 5.20. The fraction of sp³-hybridized carbons (Fsp3) is 0.469. The monoisotopic (exact) mass is 624 g/mol. The molecule has 2 atom stereocenters. The van der Waals surface area contributed by atoms with Gasteiger partial charge in [-0.1, -0.05) is 23.4 Å². The number of ether oxygens (including phenoxy) is 3. The minimum absolute atomic E-state index is 0.0134. The van der Waals surface area contributed by atoms with Crippen LogP contribution in [0.5, 0.6) is 0 Å². The minimum Gasteiger partial charge on any atom is -0.460 e. The van der Waals surface area contributed by atoms with Gasteiger partial charge in [0.05, 0.1) is 30.6 Å². The summed E-state index contributed by atoms with van der Waals surface area (Å²) in [5.74, 6) is -1.89. The zero-order chi connectivity index (χ0) is 32.2. The summed E-state index contributed by atoms with van der Waals surface area (Å²) in [6.07, 6.45) is 4.01. The van der Waals surface area contributed by atoms with E-state index in [1.165, 1.54) is 12.3 Å². The van der Waals surface area contributed by atoms with Crippen LogP contribution in [0.15, 0.2) is 53.4 Å². The second kappa shape index (κ2) is 13.4. The number of rotatable bonds is 11. The predicted molar refractivity (Wildman–Crippen MR) is 161 cm³/mol. The number of carbonyl (C=O) groups excluding carboxylic acids is 1. The van der Waals surface area contributed by atoms with Crippen LogP contribution in [0.3, 0.4) is 0 Å². The van der Waals surface area contributed by atoms with E-state index < -0.39 is 17.2 Å². The molecule has 4 heterocycles. The Kier molecular flexibility index (Phi) is 9.59. The number of esters is 1. The molecule has 0 unspecified atom stereocenters. The van der Waals surface area contributed by atoms with Gasteiger partial charge in [-0.25, -0.2) is 18.7 Å². The molecule has 5 rings (SSSR count). The standard InChI is InChI=1S/C32H38F2N6O5/c1-31(2,3)45-28(41)11-10-21-16-22(44-32(4,5)43-21)12-14-35-29-24(34)18-36-30(37-29)26-17-27(25-13-15-42-39-25)40(38-26)19-20-8-6-7-9-23(20)33/h6-9,13,15,17-18,21-22H,10-12,14,16,19H2,1-5H3,(H,35,36,37)/t21-,22+/m0/s1. The Morgan fingerprint density at radius 2 is 1.84 bits per heavy atom. The zero-order valence-electron chi connectivity index (χ0n) is 26.0. The molecule has 13 heteroatoms. The molecule has 1 aliphatic heterocycles. The van der Waals surface area contributed by atoms with Gasteiger partial charge >= 0.3 is 5.97 Å². The Balaban J connectivity index is 1.25. The van der Waals surface area contributed by atoms with Crippen molar-refractivity contribution in [2.24, 2.45) is 0 Å². The molecular weight excluding hydrogens is 586 g/mol. The number of benzene rings is 1. The summed E-state index contributed by atoms with van der Waals surface area (Å²) >= 11 is 0. The molecule has 1 saturated heterocycles. The molecule has 1 aromatic carbocycles. The molecule has 0 aliphatic carbocycles. The number of nitrogens with one attached hydrogen (secondary N) is 1. The lowest BCUT2D eigenvalue weighted by atomic mass is 10.0. The molecule has 1 N–H and O–H groups in total. The number of anilines is 1. The Morgan fingerprint density at radius 1 is 1.09 bits per heavy atom. The normalized spacial score (nSPS) is 18.1. The second-order valence-corrected chi connectivity index (χ2v) is 12.4. The van der Waals surface area contributed by atoms with Crippen LogP contribution in [0.4, 0.5) is 14.6 Å². The Hall–Kier alpha value is -4.23. The van der Waals surface area contributed by atoms with Gasteiger partial charge in [-0.15, -0.1) is 0 Å². The van der Waals surface area contributed by atoms with Crippen LogP contribution in [-0.4, -0.2) is 61.0 Å². The average molecular weight is 625 g/mol. The van der Waals surface area contributed by atoms with E-state index in [0.717, 1.165) is 6.20 Å². The van der Waals surface area contributed by atoms with Gasteiger partial charge in [0.2, 0.25) is 0 Å². The Bertz CT molecular complexity index is 1600. The lowest BCUT2D eigenvalue weighted by Gasteiger charge is -2.41. The fourth-order valence-electron chi connectivity index (χ4n) is 5.20. The SMILES string of the molecule is CC(C)(C)OC(=O)CC[C@H]1C[C@@H](CCNc2nc(-c3cc(-c4ccon4)n(Cc4ccccc4F)n3)ncc2F)OC(C)(C)O1. The Labute approximate surface area is 260 Å². The molecule has 3 aromatic heterocycles. The lowest BCUT2D eigenvalue weighted by Crippen LogP contribution is -2.45. The van der Waals surface area contributed by atoms with Crippen molar-refractivity contribution in [3.63, 3.8) is 0 Å².